The minimum Gasteiger partial charge on any atom is -0.399 e. The van der Waals surface area contributed by atoms with Gasteiger partial charge in [-0.25, -0.2) is 0 Å². The monoisotopic (exact) mass is 336 g/mol. The summed E-state index contributed by atoms with van der Waals surface area (Å²) in [6.45, 7) is -0.315. The molecule has 6 nitrogen and oxygen atoms in total. The Balaban J connectivity index is 2.34. The molecule has 1 saturated heterocycles. The number of carbonyl (C=O) groups is 1. The highest BCUT2D eigenvalue weighted by atomic mass is 32.2. The average Bonchev–Trinajstić information content (AvgIpc) is 2.45. The summed E-state index contributed by atoms with van der Waals surface area (Å²) in [6.07, 6.45) is -4.64. The summed E-state index contributed by atoms with van der Waals surface area (Å²) in [5.41, 5.74) is 3.89. The van der Waals surface area contributed by atoms with Crippen LogP contribution in [0.5, 0.6) is 0 Å². The number of hydrogen-bond donors (Lipinski definition) is 1. The molecule has 1 aliphatic heterocycles. The van der Waals surface area contributed by atoms with Crippen molar-refractivity contribution in [3.05, 3.63) is 29.3 Å². The largest absolute Gasteiger partial charge is 0.416 e. The molecule has 1 amide bonds. The second-order valence-electron chi connectivity index (χ2n) is 4.52. The summed E-state index contributed by atoms with van der Waals surface area (Å²) in [5, 5.41) is -0.334. The number of nitrogens with two attached hydrogens (primary N) is 1. The van der Waals surface area contributed by atoms with E-state index in [-0.39, 0.29) is 36.0 Å². The van der Waals surface area contributed by atoms with Gasteiger partial charge in [-0.1, -0.05) is 0 Å². The van der Waals surface area contributed by atoms with Crippen molar-refractivity contribution in [3.63, 3.8) is 0 Å². The summed E-state index contributed by atoms with van der Waals surface area (Å²) in [4.78, 5) is 13.3. The zero-order valence-electron chi connectivity index (χ0n) is 11.1. The first-order chi connectivity index (χ1) is 10.2. The van der Waals surface area contributed by atoms with E-state index in [9.17, 15) is 26.4 Å². The number of halogens is 3. The highest BCUT2D eigenvalue weighted by Crippen LogP contribution is 2.31. The number of rotatable bonds is 1. The first-order valence-corrected chi connectivity index (χ1v) is 7.11. The van der Waals surface area contributed by atoms with Crippen LogP contribution < -0.4 is 5.73 Å². The number of morpholine rings is 1. The predicted molar refractivity (Wildman–Crippen MR) is 71.6 cm³/mol. The van der Waals surface area contributed by atoms with Crippen LogP contribution in [-0.2, 0) is 21.2 Å². The van der Waals surface area contributed by atoms with Crippen molar-refractivity contribution >= 4 is 26.9 Å². The van der Waals surface area contributed by atoms with Crippen molar-refractivity contribution in [2.45, 2.75) is 6.18 Å². The van der Waals surface area contributed by atoms with Gasteiger partial charge in [-0.15, -0.1) is 0 Å². The van der Waals surface area contributed by atoms with Crippen LogP contribution in [0.25, 0.3) is 0 Å². The van der Waals surface area contributed by atoms with Crippen LogP contribution in [0.1, 0.15) is 15.9 Å². The quantitative estimate of drug-likeness (QED) is 0.604. The van der Waals surface area contributed by atoms with Crippen molar-refractivity contribution in [3.8, 4) is 0 Å². The fraction of sp³-hybridized carbons (Fsp3) is 0.333. The number of anilines is 1. The van der Waals surface area contributed by atoms with Gasteiger partial charge in [0, 0.05) is 17.8 Å². The summed E-state index contributed by atoms with van der Waals surface area (Å²) in [5.74, 6) is -0.746. The molecule has 2 rings (SSSR count). The molecule has 0 unspecified atom stereocenters. The molecule has 0 aromatic heterocycles. The van der Waals surface area contributed by atoms with Gasteiger partial charge in [0.15, 0.2) is 5.05 Å². The standard InChI is InChI=1S/C12H11F3N2O4S/c13-12(14,15)8-3-7(4-9(16)5-8)11(18)17-1-2-21-10(6-17)22(19)20/h3-5H,1-2,6,16H2. The van der Waals surface area contributed by atoms with E-state index in [4.69, 9.17) is 10.5 Å². The van der Waals surface area contributed by atoms with Crippen molar-refractivity contribution in [2.24, 2.45) is 0 Å². The van der Waals surface area contributed by atoms with E-state index < -0.39 is 27.9 Å². The molecule has 2 N–H and O–H groups in total. The summed E-state index contributed by atoms with van der Waals surface area (Å²) < 4.78 is 64.7. The minimum absolute atomic E-state index is 0.0521. The first-order valence-electron chi connectivity index (χ1n) is 6.03. The predicted octanol–water partition coefficient (Wildman–Crippen LogP) is 0.769. The van der Waals surface area contributed by atoms with Crippen LogP contribution in [0.4, 0.5) is 18.9 Å². The van der Waals surface area contributed by atoms with E-state index in [2.05, 4.69) is 0 Å². The summed E-state index contributed by atoms with van der Waals surface area (Å²) in [7, 11) is -2.62. The fourth-order valence-electron chi connectivity index (χ4n) is 1.95. The topological polar surface area (TPSA) is 89.7 Å². The van der Waals surface area contributed by atoms with Gasteiger partial charge in [0.25, 0.3) is 5.91 Å². The molecular weight excluding hydrogens is 325 g/mol. The van der Waals surface area contributed by atoms with E-state index in [0.717, 1.165) is 17.0 Å². The van der Waals surface area contributed by atoms with E-state index in [1.54, 1.807) is 0 Å². The van der Waals surface area contributed by atoms with Gasteiger partial charge < -0.3 is 15.4 Å². The van der Waals surface area contributed by atoms with Crippen molar-refractivity contribution < 1.29 is 31.1 Å². The third-order valence-electron chi connectivity index (χ3n) is 2.95. The molecule has 120 valence electrons. The SMILES string of the molecule is Nc1cc(C(=O)N2CCOC(=S(=O)=O)C2)cc(C(F)(F)F)c1. The number of benzene rings is 1. The number of nitrogens with zero attached hydrogens (tertiary/aromatic N) is 1. The maximum absolute atomic E-state index is 12.7. The number of alkyl halides is 3. The molecule has 1 heterocycles. The second kappa shape index (κ2) is 5.97. The van der Waals surface area contributed by atoms with Crippen molar-refractivity contribution in [1.82, 2.24) is 4.90 Å². The lowest BCUT2D eigenvalue weighted by Gasteiger charge is -2.27. The van der Waals surface area contributed by atoms with Crippen LogP contribution in [-0.4, -0.2) is 44.0 Å². The molecular formula is C12H11F3N2O4S. The Morgan fingerprint density at radius 3 is 2.55 bits per heavy atom. The average molecular weight is 336 g/mol. The second-order valence-corrected chi connectivity index (χ2v) is 5.45. The van der Waals surface area contributed by atoms with Crippen molar-refractivity contribution in [2.75, 3.05) is 25.4 Å². The maximum Gasteiger partial charge on any atom is 0.416 e. The molecule has 1 aromatic carbocycles. The lowest BCUT2D eigenvalue weighted by Crippen LogP contribution is -2.43. The molecule has 0 saturated carbocycles. The van der Waals surface area contributed by atoms with Gasteiger partial charge in [-0.2, -0.15) is 21.6 Å². The van der Waals surface area contributed by atoms with Crippen LogP contribution in [0.2, 0.25) is 0 Å². The normalized spacial score (nSPS) is 15.8. The molecule has 1 aromatic rings. The molecule has 0 spiro atoms. The van der Waals surface area contributed by atoms with Gasteiger partial charge in [-0.3, -0.25) is 4.79 Å². The smallest absolute Gasteiger partial charge is 0.399 e. The third kappa shape index (κ3) is 3.57. The summed E-state index contributed by atoms with van der Waals surface area (Å²) in [6, 6.07) is 2.52. The van der Waals surface area contributed by atoms with Gasteiger partial charge in [0.05, 0.1) is 18.7 Å². The van der Waals surface area contributed by atoms with E-state index >= 15 is 0 Å². The molecule has 10 heteroatoms. The Morgan fingerprint density at radius 1 is 1.27 bits per heavy atom. The van der Waals surface area contributed by atoms with E-state index in [0.29, 0.717) is 6.07 Å². The zero-order chi connectivity index (χ0) is 16.5. The molecule has 0 radical (unpaired) electrons. The molecule has 0 atom stereocenters. The number of hydrogen-bond acceptors (Lipinski definition) is 5. The van der Waals surface area contributed by atoms with Gasteiger partial charge in [-0.05, 0) is 18.2 Å². The van der Waals surface area contributed by atoms with Crippen LogP contribution >= 0.6 is 0 Å². The van der Waals surface area contributed by atoms with Gasteiger partial charge in [0.2, 0.25) is 10.3 Å². The number of ether oxygens (including phenoxy) is 1. The van der Waals surface area contributed by atoms with Crippen LogP contribution in [0, 0.1) is 0 Å². The Morgan fingerprint density at radius 2 is 1.95 bits per heavy atom. The van der Waals surface area contributed by atoms with Crippen LogP contribution in [0.15, 0.2) is 18.2 Å². The molecule has 1 fully saturated rings. The Kier molecular flexibility index (Phi) is 4.42. The summed E-state index contributed by atoms with van der Waals surface area (Å²) >= 11 is 0. The molecule has 0 bridgehead atoms. The van der Waals surface area contributed by atoms with E-state index in [1.807, 2.05) is 0 Å². The number of nitrogen functional groups attached to an aromatic ring is 1. The lowest BCUT2D eigenvalue weighted by atomic mass is 10.1. The van der Waals surface area contributed by atoms with Crippen LogP contribution in [0.3, 0.4) is 0 Å². The first kappa shape index (κ1) is 16.3. The molecule has 0 aliphatic carbocycles. The molecule has 1 aliphatic rings. The third-order valence-corrected chi connectivity index (χ3v) is 3.57. The maximum atomic E-state index is 12.7. The van der Waals surface area contributed by atoms with E-state index in [1.165, 1.54) is 0 Å². The Hall–Kier alpha value is -2.07. The Labute approximate surface area is 124 Å². The highest BCUT2D eigenvalue weighted by Gasteiger charge is 2.32. The number of carbonyl (C=O) groups excluding carboxylic acids is 1. The number of amides is 1. The Bertz CT molecular complexity index is 735. The fourth-order valence-corrected chi connectivity index (χ4v) is 2.39. The molecule has 22 heavy (non-hydrogen) atoms. The lowest BCUT2D eigenvalue weighted by molar-refractivity contribution is -0.137. The highest BCUT2D eigenvalue weighted by molar-refractivity contribution is 7.72. The minimum atomic E-state index is -4.64. The van der Waals surface area contributed by atoms with Gasteiger partial charge in [0.1, 0.15) is 0 Å². The van der Waals surface area contributed by atoms with Crippen molar-refractivity contribution in [1.29, 1.82) is 0 Å². The zero-order valence-corrected chi connectivity index (χ0v) is 11.9. The van der Waals surface area contributed by atoms with Gasteiger partial charge >= 0.3 is 6.18 Å².